The van der Waals surface area contributed by atoms with Crippen molar-refractivity contribution < 1.29 is 18.0 Å². The third kappa shape index (κ3) is 8.02. The number of nitrogens with zero attached hydrogens (tertiary/aromatic N) is 1. The molecule has 0 aromatic heterocycles. The largest absolute Gasteiger partial charge is 0.383 e. The molecule has 1 aliphatic rings. The topological polar surface area (TPSA) is 108 Å². The number of anilines is 2. The van der Waals surface area contributed by atoms with Gasteiger partial charge < -0.3 is 15.5 Å². The van der Waals surface area contributed by atoms with Crippen molar-refractivity contribution >= 4 is 33.2 Å². The Kier molecular flexibility index (Phi) is 9.41. The lowest BCUT2D eigenvalue weighted by molar-refractivity contribution is -0.119. The van der Waals surface area contributed by atoms with Gasteiger partial charge in [0.05, 0.1) is 28.7 Å². The normalized spacial score (nSPS) is 13.5. The number of nitrogens with one attached hydrogen (secondary N) is 3. The SMILES string of the molecule is CN(c1ccc(C(=O)NC(CC(=O)NS(=O)(=O)c2ccccc2)c2ccccc2)cc1NCCc1ccccc1)C1CC1. The molecule has 1 atom stereocenters. The van der Waals surface area contributed by atoms with Crippen LogP contribution in [0, 0.1) is 0 Å². The van der Waals surface area contributed by atoms with Crippen LogP contribution in [0.25, 0.3) is 0 Å². The van der Waals surface area contributed by atoms with Gasteiger partial charge in [0.2, 0.25) is 5.91 Å². The molecule has 43 heavy (non-hydrogen) atoms. The Hall–Kier alpha value is -4.63. The van der Waals surface area contributed by atoms with Crippen molar-refractivity contribution in [2.75, 3.05) is 23.8 Å². The van der Waals surface area contributed by atoms with Crippen LogP contribution in [0.4, 0.5) is 11.4 Å². The highest BCUT2D eigenvalue weighted by atomic mass is 32.2. The fourth-order valence-corrected chi connectivity index (χ4v) is 6.00. The van der Waals surface area contributed by atoms with Gasteiger partial charge >= 0.3 is 0 Å². The Labute approximate surface area is 253 Å². The van der Waals surface area contributed by atoms with E-state index in [2.05, 4.69) is 39.4 Å². The predicted molar refractivity (Wildman–Crippen MR) is 170 cm³/mol. The Morgan fingerprint density at radius 1 is 0.860 bits per heavy atom. The van der Waals surface area contributed by atoms with Gasteiger partial charge in [0.1, 0.15) is 0 Å². The second kappa shape index (κ2) is 13.6. The summed E-state index contributed by atoms with van der Waals surface area (Å²) in [6, 6.07) is 32.3. The highest BCUT2D eigenvalue weighted by Gasteiger charge is 2.28. The van der Waals surface area contributed by atoms with Crippen LogP contribution in [0.15, 0.2) is 114 Å². The average Bonchev–Trinajstić information content (AvgIpc) is 3.87. The minimum Gasteiger partial charge on any atom is -0.383 e. The summed E-state index contributed by atoms with van der Waals surface area (Å²) in [7, 11) is -1.97. The third-order valence-corrected chi connectivity index (χ3v) is 8.89. The predicted octanol–water partition coefficient (Wildman–Crippen LogP) is 5.31. The van der Waals surface area contributed by atoms with Gasteiger partial charge in [-0.15, -0.1) is 0 Å². The quantitative estimate of drug-likeness (QED) is 0.193. The van der Waals surface area contributed by atoms with Gasteiger partial charge in [-0.1, -0.05) is 78.9 Å². The molecule has 4 aromatic carbocycles. The highest BCUT2D eigenvalue weighted by molar-refractivity contribution is 7.90. The molecule has 0 aliphatic heterocycles. The van der Waals surface area contributed by atoms with E-state index in [1.807, 2.05) is 48.5 Å². The van der Waals surface area contributed by atoms with Crippen LogP contribution in [0.2, 0.25) is 0 Å². The van der Waals surface area contributed by atoms with E-state index in [4.69, 9.17) is 0 Å². The van der Waals surface area contributed by atoms with Crippen molar-refractivity contribution in [2.24, 2.45) is 0 Å². The lowest BCUT2D eigenvalue weighted by Gasteiger charge is -2.24. The number of amides is 2. The summed E-state index contributed by atoms with van der Waals surface area (Å²) < 4.78 is 27.6. The van der Waals surface area contributed by atoms with Crippen LogP contribution >= 0.6 is 0 Å². The molecular formula is C34H36N4O4S. The first-order valence-electron chi connectivity index (χ1n) is 14.4. The van der Waals surface area contributed by atoms with E-state index >= 15 is 0 Å². The van der Waals surface area contributed by atoms with Crippen molar-refractivity contribution in [3.8, 4) is 0 Å². The molecule has 1 fully saturated rings. The maximum atomic E-state index is 13.6. The number of hydrogen-bond acceptors (Lipinski definition) is 6. The minimum absolute atomic E-state index is 0.00723. The molecule has 0 spiro atoms. The average molecular weight is 597 g/mol. The molecule has 0 bridgehead atoms. The van der Waals surface area contributed by atoms with E-state index in [0.29, 0.717) is 23.7 Å². The molecule has 9 heteroatoms. The maximum Gasteiger partial charge on any atom is 0.264 e. The van der Waals surface area contributed by atoms with Crippen LogP contribution in [0.5, 0.6) is 0 Å². The van der Waals surface area contributed by atoms with E-state index in [-0.39, 0.29) is 17.2 Å². The summed E-state index contributed by atoms with van der Waals surface area (Å²) in [6.07, 6.45) is 2.86. The summed E-state index contributed by atoms with van der Waals surface area (Å²) in [4.78, 5) is 28.8. The van der Waals surface area contributed by atoms with Crippen molar-refractivity contribution in [3.05, 3.63) is 126 Å². The highest BCUT2D eigenvalue weighted by Crippen LogP contribution is 2.35. The molecule has 1 saturated carbocycles. The second-order valence-corrected chi connectivity index (χ2v) is 12.4. The molecule has 4 aromatic rings. The third-order valence-electron chi connectivity index (χ3n) is 7.50. The first kappa shape index (κ1) is 29.8. The number of carbonyl (C=O) groups excluding carboxylic acids is 2. The number of sulfonamides is 1. The molecular weight excluding hydrogens is 560 g/mol. The molecule has 0 saturated heterocycles. The zero-order valence-corrected chi connectivity index (χ0v) is 24.9. The van der Waals surface area contributed by atoms with Crippen LogP contribution < -0.4 is 20.3 Å². The molecule has 0 radical (unpaired) electrons. The van der Waals surface area contributed by atoms with Gasteiger partial charge in [0, 0.05) is 25.2 Å². The van der Waals surface area contributed by atoms with E-state index in [9.17, 15) is 18.0 Å². The molecule has 3 N–H and O–H groups in total. The fourth-order valence-electron chi connectivity index (χ4n) is 4.99. The van der Waals surface area contributed by atoms with Gasteiger partial charge in [-0.3, -0.25) is 9.59 Å². The van der Waals surface area contributed by atoms with E-state index < -0.39 is 22.0 Å². The second-order valence-electron chi connectivity index (χ2n) is 10.7. The summed E-state index contributed by atoms with van der Waals surface area (Å²) in [5.74, 6) is -1.08. The van der Waals surface area contributed by atoms with E-state index in [0.717, 1.165) is 30.6 Å². The fraction of sp³-hybridized carbons (Fsp3) is 0.235. The van der Waals surface area contributed by atoms with Crippen LogP contribution in [-0.2, 0) is 21.2 Å². The molecule has 2 amide bonds. The summed E-state index contributed by atoms with van der Waals surface area (Å²) in [5.41, 5.74) is 4.24. The van der Waals surface area contributed by atoms with Gasteiger partial charge in [-0.05, 0) is 60.7 Å². The summed E-state index contributed by atoms with van der Waals surface area (Å²) >= 11 is 0. The minimum atomic E-state index is -4.04. The number of benzene rings is 4. The van der Waals surface area contributed by atoms with Crippen molar-refractivity contribution in [1.82, 2.24) is 10.0 Å². The van der Waals surface area contributed by atoms with Crippen LogP contribution in [-0.4, -0.2) is 39.9 Å². The number of rotatable bonds is 13. The molecule has 5 rings (SSSR count). The Morgan fingerprint density at radius 2 is 1.49 bits per heavy atom. The van der Waals surface area contributed by atoms with E-state index in [1.54, 1.807) is 36.4 Å². The molecule has 222 valence electrons. The van der Waals surface area contributed by atoms with Gasteiger partial charge in [-0.2, -0.15) is 0 Å². The smallest absolute Gasteiger partial charge is 0.264 e. The van der Waals surface area contributed by atoms with Crippen molar-refractivity contribution in [2.45, 2.75) is 42.7 Å². The molecule has 1 aliphatic carbocycles. The van der Waals surface area contributed by atoms with Crippen LogP contribution in [0.1, 0.15) is 46.8 Å². The number of hydrogen-bond donors (Lipinski definition) is 3. The van der Waals surface area contributed by atoms with E-state index in [1.165, 1.54) is 17.7 Å². The van der Waals surface area contributed by atoms with Gasteiger partial charge in [0.25, 0.3) is 15.9 Å². The van der Waals surface area contributed by atoms with Crippen molar-refractivity contribution in [1.29, 1.82) is 0 Å². The first-order chi connectivity index (χ1) is 20.8. The zero-order chi connectivity index (χ0) is 30.2. The monoisotopic (exact) mass is 596 g/mol. The number of carbonyl (C=O) groups is 2. The van der Waals surface area contributed by atoms with Crippen molar-refractivity contribution in [3.63, 3.8) is 0 Å². The maximum absolute atomic E-state index is 13.6. The summed E-state index contributed by atoms with van der Waals surface area (Å²) in [6.45, 7) is 0.698. The lowest BCUT2D eigenvalue weighted by Crippen LogP contribution is -2.36. The lowest BCUT2D eigenvalue weighted by atomic mass is 10.0. The Morgan fingerprint density at radius 3 is 2.14 bits per heavy atom. The Bertz CT molecular complexity index is 1640. The van der Waals surface area contributed by atoms with Gasteiger partial charge in [0.15, 0.2) is 0 Å². The zero-order valence-electron chi connectivity index (χ0n) is 24.1. The summed E-state index contributed by atoms with van der Waals surface area (Å²) in [5, 5.41) is 6.49. The molecule has 8 nitrogen and oxygen atoms in total. The standard InChI is InChI=1S/C34H36N4O4S/c1-38(28-18-19-28)32-20-17-27(23-31(32)35-22-21-25-11-5-2-6-12-25)34(40)36-30(26-13-7-3-8-14-26)24-33(39)37-43(41,42)29-15-9-4-10-16-29/h2-17,20,23,28,30,35H,18-19,21-22,24H2,1H3,(H,36,40)(H,37,39). The molecule has 1 unspecified atom stereocenters. The molecule has 0 heterocycles. The first-order valence-corrected chi connectivity index (χ1v) is 15.9. The van der Waals surface area contributed by atoms with Crippen LogP contribution in [0.3, 0.4) is 0 Å². The Balaban J connectivity index is 1.33. The van der Waals surface area contributed by atoms with Gasteiger partial charge in [-0.25, -0.2) is 13.1 Å².